The van der Waals surface area contributed by atoms with Crippen molar-refractivity contribution in [2.75, 3.05) is 18.4 Å². The molecule has 2 aliphatic rings. The third-order valence-corrected chi connectivity index (χ3v) is 7.84. The minimum atomic E-state index is -4.54. The van der Waals surface area contributed by atoms with Crippen LogP contribution in [-0.2, 0) is 19.8 Å². The van der Waals surface area contributed by atoms with Gasteiger partial charge in [0.25, 0.3) is 0 Å². The molecule has 0 radical (unpaired) electrons. The lowest BCUT2D eigenvalue weighted by atomic mass is 10.0. The van der Waals surface area contributed by atoms with Gasteiger partial charge < -0.3 is 9.73 Å². The number of nitrogens with zero attached hydrogens (tertiary/aromatic N) is 5. The first kappa shape index (κ1) is 22.5. The number of anilines is 1. The maximum absolute atomic E-state index is 14.1. The molecule has 5 aromatic rings. The summed E-state index contributed by atoms with van der Waals surface area (Å²) in [5.41, 5.74) is 3.80. The summed E-state index contributed by atoms with van der Waals surface area (Å²) in [6, 6.07) is 12.4. The predicted octanol–water partition coefficient (Wildman–Crippen LogP) is 5.56. The van der Waals surface area contributed by atoms with Crippen molar-refractivity contribution >= 4 is 27.9 Å². The Kier molecular flexibility index (Phi) is 4.98. The van der Waals surface area contributed by atoms with Gasteiger partial charge in [-0.05, 0) is 61.1 Å². The van der Waals surface area contributed by atoms with Crippen LogP contribution in [0.4, 0.5) is 19.0 Å². The van der Waals surface area contributed by atoms with Gasteiger partial charge in [-0.3, -0.25) is 9.58 Å². The van der Waals surface area contributed by atoms with Crippen LogP contribution >= 0.6 is 0 Å². The van der Waals surface area contributed by atoms with Gasteiger partial charge in [-0.25, -0.2) is 0 Å². The molecule has 190 valence electrons. The summed E-state index contributed by atoms with van der Waals surface area (Å²) in [6.07, 6.45) is -1.08. The van der Waals surface area contributed by atoms with Gasteiger partial charge in [-0.1, -0.05) is 6.07 Å². The van der Waals surface area contributed by atoms with Crippen LogP contribution in [0.1, 0.15) is 24.0 Å². The van der Waals surface area contributed by atoms with Gasteiger partial charge in [0, 0.05) is 55.4 Å². The molecule has 37 heavy (non-hydrogen) atoms. The highest BCUT2D eigenvalue weighted by molar-refractivity contribution is 5.83. The fourth-order valence-electron chi connectivity index (χ4n) is 6.21. The monoisotopic (exact) mass is 506 g/mol. The van der Waals surface area contributed by atoms with E-state index in [4.69, 9.17) is 4.42 Å². The molecule has 3 atom stereocenters. The summed E-state index contributed by atoms with van der Waals surface area (Å²) >= 11 is 0. The molecule has 1 N–H and O–H groups in total. The van der Waals surface area contributed by atoms with Crippen molar-refractivity contribution in [3.8, 4) is 11.3 Å². The Labute approximate surface area is 210 Å². The zero-order valence-electron chi connectivity index (χ0n) is 20.2. The highest BCUT2D eigenvalue weighted by Crippen LogP contribution is 2.42. The summed E-state index contributed by atoms with van der Waals surface area (Å²) in [5, 5.41) is 16.4. The Morgan fingerprint density at radius 1 is 1.03 bits per heavy atom. The number of fused-ring (bicyclic) bond motifs is 4. The van der Waals surface area contributed by atoms with Gasteiger partial charge in [0.2, 0.25) is 0 Å². The van der Waals surface area contributed by atoms with E-state index in [-0.39, 0.29) is 17.6 Å². The Morgan fingerprint density at radius 3 is 2.54 bits per heavy atom. The minimum Gasteiger partial charge on any atom is -0.457 e. The standard InChI is InChI=1S/C27H25F3N6O/c1-35-11-18-6-15(2-4-23(18)34-35)24-10-22(27(28,29)30)26(33-32-24)31-20-7-16-12-36(13-17(16)8-20)14-19-9-21-3-5-25(19)37-21/h2-6,9-11,16-17,20H,7-8,12-14H2,1H3,(H,31,33)/t16-,17+,20?. The van der Waals surface area contributed by atoms with Crippen molar-refractivity contribution in [3.63, 3.8) is 0 Å². The molecule has 5 heterocycles. The molecule has 1 saturated carbocycles. The van der Waals surface area contributed by atoms with Crippen LogP contribution in [0.2, 0.25) is 0 Å². The van der Waals surface area contributed by atoms with Crippen molar-refractivity contribution in [2.24, 2.45) is 18.9 Å². The second-order valence-corrected chi connectivity index (χ2v) is 10.5. The first-order valence-corrected chi connectivity index (χ1v) is 12.5. The summed E-state index contributed by atoms with van der Waals surface area (Å²) in [7, 11) is 1.80. The van der Waals surface area contributed by atoms with Crippen LogP contribution in [0, 0.1) is 11.8 Å². The number of rotatable bonds is 5. The molecule has 2 bridgehead atoms. The fraction of sp³-hybridized carbons (Fsp3) is 0.370. The second kappa shape index (κ2) is 8.17. The summed E-state index contributed by atoms with van der Waals surface area (Å²) in [5.74, 6) is 0.724. The first-order chi connectivity index (χ1) is 17.8. The molecule has 1 unspecified atom stereocenters. The molecule has 0 amide bonds. The van der Waals surface area contributed by atoms with E-state index in [9.17, 15) is 13.2 Å². The molecular formula is C27H25F3N6O. The van der Waals surface area contributed by atoms with Crippen LogP contribution in [0.25, 0.3) is 33.3 Å². The van der Waals surface area contributed by atoms with Crippen molar-refractivity contribution in [3.05, 3.63) is 59.8 Å². The van der Waals surface area contributed by atoms with E-state index in [1.54, 1.807) is 29.9 Å². The number of nitrogens with one attached hydrogen (secondary N) is 1. The highest BCUT2D eigenvalue weighted by atomic mass is 19.4. The predicted molar refractivity (Wildman–Crippen MR) is 133 cm³/mol. The van der Waals surface area contributed by atoms with Crippen LogP contribution in [0.5, 0.6) is 0 Å². The van der Waals surface area contributed by atoms with Gasteiger partial charge in [0.15, 0.2) is 5.82 Å². The van der Waals surface area contributed by atoms with Gasteiger partial charge in [0.1, 0.15) is 16.7 Å². The molecule has 2 fully saturated rings. The number of hydrogen-bond donors (Lipinski definition) is 1. The lowest BCUT2D eigenvalue weighted by molar-refractivity contribution is -0.137. The normalized spacial score (nSPS) is 22.4. The number of hydrogen-bond acceptors (Lipinski definition) is 6. The number of aryl methyl sites for hydroxylation is 1. The quantitative estimate of drug-likeness (QED) is 0.337. The third kappa shape index (κ3) is 4.09. The summed E-state index contributed by atoms with van der Waals surface area (Å²) in [6.45, 7) is 2.74. The molecule has 7 nitrogen and oxygen atoms in total. The van der Waals surface area contributed by atoms with E-state index in [1.807, 2.05) is 18.3 Å². The molecule has 4 aromatic heterocycles. The Hall–Kier alpha value is -3.66. The fourth-order valence-corrected chi connectivity index (χ4v) is 6.21. The van der Waals surface area contributed by atoms with E-state index in [0.29, 0.717) is 17.4 Å². The lowest BCUT2D eigenvalue weighted by Crippen LogP contribution is -2.26. The smallest absolute Gasteiger partial charge is 0.420 e. The summed E-state index contributed by atoms with van der Waals surface area (Å²) in [4.78, 5) is 2.43. The number of aromatic nitrogens is 4. The van der Waals surface area contributed by atoms with E-state index in [1.165, 1.54) is 5.56 Å². The maximum Gasteiger partial charge on any atom is 0.420 e. The van der Waals surface area contributed by atoms with Gasteiger partial charge >= 0.3 is 6.18 Å². The Balaban J connectivity index is 1.06. The SMILES string of the molecule is Cn1cc2cc(-c3cc(C(F)(F)F)c(NC4C[C@@H]5CN(Cc6cc7ccc6o7)C[C@@H]5C4)nn3)ccc2n1. The molecule has 1 aliphatic heterocycles. The number of furan rings is 2. The number of benzene rings is 2. The molecule has 7 rings (SSSR count). The zero-order valence-corrected chi connectivity index (χ0v) is 20.2. The van der Waals surface area contributed by atoms with Crippen LogP contribution < -0.4 is 5.32 Å². The molecule has 1 aliphatic carbocycles. The lowest BCUT2D eigenvalue weighted by Gasteiger charge is -2.21. The van der Waals surface area contributed by atoms with Crippen molar-refractivity contribution < 1.29 is 17.6 Å². The minimum absolute atomic E-state index is 0.0527. The largest absolute Gasteiger partial charge is 0.457 e. The van der Waals surface area contributed by atoms with Crippen molar-refractivity contribution in [2.45, 2.75) is 31.6 Å². The molecule has 1 aromatic carbocycles. The Morgan fingerprint density at radius 2 is 1.84 bits per heavy atom. The number of alkyl halides is 3. The van der Waals surface area contributed by atoms with Gasteiger partial charge in [-0.15, -0.1) is 10.2 Å². The van der Waals surface area contributed by atoms with E-state index < -0.39 is 11.7 Å². The van der Waals surface area contributed by atoms with Crippen molar-refractivity contribution in [1.82, 2.24) is 24.9 Å². The average Bonchev–Trinajstić information content (AvgIpc) is 3.65. The van der Waals surface area contributed by atoms with E-state index >= 15 is 0 Å². The van der Waals surface area contributed by atoms with Crippen LogP contribution in [0.15, 0.2) is 53.1 Å². The van der Waals surface area contributed by atoms with Gasteiger partial charge in [-0.2, -0.15) is 18.3 Å². The van der Waals surface area contributed by atoms with E-state index in [0.717, 1.165) is 60.6 Å². The third-order valence-electron chi connectivity index (χ3n) is 7.84. The van der Waals surface area contributed by atoms with Crippen molar-refractivity contribution in [1.29, 1.82) is 0 Å². The average molecular weight is 507 g/mol. The van der Waals surface area contributed by atoms with E-state index in [2.05, 4.69) is 31.6 Å². The molecular weight excluding hydrogens is 481 g/mol. The first-order valence-electron chi connectivity index (χ1n) is 12.5. The Bertz CT molecular complexity index is 1580. The van der Waals surface area contributed by atoms with Crippen LogP contribution in [0.3, 0.4) is 0 Å². The summed E-state index contributed by atoms with van der Waals surface area (Å²) < 4.78 is 49.5. The topological polar surface area (TPSA) is 72.0 Å². The maximum atomic E-state index is 14.1. The highest BCUT2D eigenvalue weighted by Gasteiger charge is 2.42. The van der Waals surface area contributed by atoms with Gasteiger partial charge in [0.05, 0.1) is 11.2 Å². The molecule has 0 spiro atoms. The molecule has 10 heteroatoms. The number of halogens is 3. The second-order valence-electron chi connectivity index (χ2n) is 10.5. The zero-order chi connectivity index (χ0) is 25.3. The number of likely N-dealkylation sites (tertiary alicyclic amines) is 1. The molecule has 1 saturated heterocycles. The van der Waals surface area contributed by atoms with Crippen LogP contribution in [-0.4, -0.2) is 44.0 Å².